The molecule has 1 saturated carbocycles. The van der Waals surface area contributed by atoms with E-state index in [1.54, 1.807) is 0 Å². The van der Waals surface area contributed by atoms with E-state index >= 15 is 0 Å². The molecule has 2 aliphatic rings. The zero-order valence-electron chi connectivity index (χ0n) is 15.6. The maximum absolute atomic E-state index is 4.73. The van der Waals surface area contributed by atoms with Gasteiger partial charge in [0, 0.05) is 56.7 Å². The Hall–Kier alpha value is -0.640. The molecule has 8 heteroatoms. The molecule has 0 aromatic carbocycles. The quantitative estimate of drug-likeness (QED) is 0.387. The summed E-state index contributed by atoms with van der Waals surface area (Å²) in [5.74, 6) is 2.92. The van der Waals surface area contributed by atoms with Crippen molar-refractivity contribution in [1.82, 2.24) is 19.6 Å². The summed E-state index contributed by atoms with van der Waals surface area (Å²) < 4.78 is 4.41. The van der Waals surface area contributed by atoms with Crippen LogP contribution in [0.1, 0.15) is 45.9 Å². The molecule has 142 valence electrons. The summed E-state index contributed by atoms with van der Waals surface area (Å²) in [4.78, 5) is 14.1. The Morgan fingerprint density at radius 3 is 2.60 bits per heavy atom. The third-order valence-electron chi connectivity index (χ3n) is 4.83. The van der Waals surface area contributed by atoms with E-state index in [0.717, 1.165) is 62.0 Å². The second-order valence-electron chi connectivity index (χ2n) is 6.65. The molecule has 1 aliphatic carbocycles. The van der Waals surface area contributed by atoms with Gasteiger partial charge in [0.1, 0.15) is 5.82 Å². The number of nitrogens with one attached hydrogen (secondary N) is 1. The smallest absolute Gasteiger partial charge is 0.205 e. The fourth-order valence-corrected chi connectivity index (χ4v) is 4.09. The molecule has 2 unspecified atom stereocenters. The normalized spacial score (nSPS) is 23.4. The second-order valence-corrected chi connectivity index (χ2v) is 7.38. The van der Waals surface area contributed by atoms with E-state index in [-0.39, 0.29) is 24.0 Å². The molecule has 2 fully saturated rings. The zero-order chi connectivity index (χ0) is 16.9. The average Bonchev–Trinajstić information content (AvgIpc) is 3.15. The van der Waals surface area contributed by atoms with Crippen LogP contribution in [-0.4, -0.2) is 59.0 Å². The van der Waals surface area contributed by atoms with Gasteiger partial charge < -0.3 is 15.1 Å². The first-order valence-corrected chi connectivity index (χ1v) is 10.2. The Balaban J connectivity index is 0.00000225. The summed E-state index contributed by atoms with van der Waals surface area (Å²) in [6, 6.07) is 0.642. The Morgan fingerprint density at radius 1 is 1.24 bits per heavy atom. The van der Waals surface area contributed by atoms with Gasteiger partial charge in [-0.05, 0) is 25.7 Å². The van der Waals surface area contributed by atoms with Gasteiger partial charge in [0.05, 0.1) is 0 Å². The number of guanidine groups is 1. The molecule has 1 aromatic rings. The maximum Gasteiger partial charge on any atom is 0.205 e. The molecule has 1 saturated heterocycles. The summed E-state index contributed by atoms with van der Waals surface area (Å²) in [5.41, 5.74) is 0. The lowest BCUT2D eigenvalue weighted by atomic mass is 10.2. The van der Waals surface area contributed by atoms with Gasteiger partial charge in [-0.1, -0.05) is 20.3 Å². The number of nitrogens with zero attached hydrogens (tertiary/aromatic N) is 5. The minimum absolute atomic E-state index is 0. The summed E-state index contributed by atoms with van der Waals surface area (Å²) in [6.45, 7) is 11.3. The lowest BCUT2D eigenvalue weighted by Crippen LogP contribution is -2.53. The first-order valence-electron chi connectivity index (χ1n) is 9.38. The fraction of sp³-hybridized carbons (Fsp3) is 0.824. The summed E-state index contributed by atoms with van der Waals surface area (Å²) >= 11 is 1.53. The fourth-order valence-electron chi connectivity index (χ4n) is 3.29. The van der Waals surface area contributed by atoms with Crippen LogP contribution in [0.4, 0.5) is 5.13 Å². The molecule has 1 N–H and O–H groups in total. The molecule has 0 amide bonds. The second kappa shape index (κ2) is 9.89. The lowest BCUT2D eigenvalue weighted by molar-refractivity contribution is 0.370. The van der Waals surface area contributed by atoms with Gasteiger partial charge >= 0.3 is 0 Å². The van der Waals surface area contributed by atoms with Crippen molar-refractivity contribution in [2.45, 2.75) is 52.5 Å². The number of hydrogen-bond acceptors (Lipinski definition) is 5. The number of hydrogen-bond donors (Lipinski definition) is 1. The van der Waals surface area contributed by atoms with Crippen LogP contribution in [0.25, 0.3) is 0 Å². The lowest BCUT2D eigenvalue weighted by Gasteiger charge is -2.36. The molecule has 1 aromatic heterocycles. The summed E-state index contributed by atoms with van der Waals surface area (Å²) in [6.07, 6.45) is 4.83. The van der Waals surface area contributed by atoms with Crippen molar-refractivity contribution in [3.63, 3.8) is 0 Å². The molecular formula is C17H31IN6S. The van der Waals surface area contributed by atoms with Crippen LogP contribution in [0.5, 0.6) is 0 Å². The van der Waals surface area contributed by atoms with E-state index in [9.17, 15) is 0 Å². The number of anilines is 1. The van der Waals surface area contributed by atoms with E-state index in [2.05, 4.69) is 45.2 Å². The molecule has 0 radical (unpaired) electrons. The maximum atomic E-state index is 4.73. The van der Waals surface area contributed by atoms with Crippen molar-refractivity contribution in [1.29, 1.82) is 0 Å². The number of rotatable bonds is 6. The third-order valence-corrected chi connectivity index (χ3v) is 5.64. The molecule has 6 nitrogen and oxygen atoms in total. The van der Waals surface area contributed by atoms with E-state index in [4.69, 9.17) is 4.99 Å². The molecule has 0 bridgehead atoms. The van der Waals surface area contributed by atoms with Crippen LogP contribution < -0.4 is 10.2 Å². The summed E-state index contributed by atoms with van der Waals surface area (Å²) in [5, 5.41) is 4.76. The highest BCUT2D eigenvalue weighted by molar-refractivity contribution is 14.0. The molecule has 1 aliphatic heterocycles. The number of halogens is 1. The predicted molar refractivity (Wildman–Crippen MR) is 116 cm³/mol. The van der Waals surface area contributed by atoms with Crippen LogP contribution in [0.3, 0.4) is 0 Å². The molecule has 0 spiro atoms. The van der Waals surface area contributed by atoms with Gasteiger partial charge in [-0.25, -0.2) is 4.98 Å². The first kappa shape index (κ1) is 20.7. The minimum atomic E-state index is 0. The molecule has 25 heavy (non-hydrogen) atoms. The standard InChI is InChI=1S/C17H30N6S.HI/c1-4-7-13-12-14(13)19-16(18-6-3)22-8-10-23(11-9-22)17-20-15(5-2)21-24-17;/h13-14H,4-12H2,1-3H3,(H,18,19);1H. The van der Waals surface area contributed by atoms with Gasteiger partial charge in [0.25, 0.3) is 0 Å². The topological polar surface area (TPSA) is 56.7 Å². The zero-order valence-corrected chi connectivity index (χ0v) is 18.7. The van der Waals surface area contributed by atoms with Crippen LogP contribution in [-0.2, 0) is 6.42 Å². The van der Waals surface area contributed by atoms with Crippen LogP contribution >= 0.6 is 35.5 Å². The van der Waals surface area contributed by atoms with E-state index < -0.39 is 0 Å². The molecule has 2 heterocycles. The van der Waals surface area contributed by atoms with E-state index in [1.807, 2.05) is 0 Å². The number of aryl methyl sites for hydroxylation is 1. The van der Waals surface area contributed by atoms with Gasteiger partial charge in [-0.3, -0.25) is 4.99 Å². The molecule has 3 rings (SSSR count). The van der Waals surface area contributed by atoms with Crippen molar-refractivity contribution in [3.05, 3.63) is 5.82 Å². The first-order chi connectivity index (χ1) is 11.7. The number of piperazine rings is 1. The van der Waals surface area contributed by atoms with Crippen molar-refractivity contribution in [2.24, 2.45) is 10.9 Å². The summed E-state index contributed by atoms with van der Waals surface area (Å²) in [7, 11) is 0. The van der Waals surface area contributed by atoms with E-state index in [0.29, 0.717) is 6.04 Å². The van der Waals surface area contributed by atoms with Gasteiger partial charge in [0.15, 0.2) is 5.96 Å². The van der Waals surface area contributed by atoms with Gasteiger partial charge in [-0.15, -0.1) is 24.0 Å². The Bertz CT molecular complexity index is 555. The van der Waals surface area contributed by atoms with Gasteiger partial charge in [0.2, 0.25) is 5.13 Å². The number of aliphatic imine (C=N–C) groups is 1. The van der Waals surface area contributed by atoms with Crippen molar-refractivity contribution in [2.75, 3.05) is 37.6 Å². The monoisotopic (exact) mass is 478 g/mol. The van der Waals surface area contributed by atoms with Crippen molar-refractivity contribution in [3.8, 4) is 0 Å². The Morgan fingerprint density at radius 2 is 2.00 bits per heavy atom. The molecular weight excluding hydrogens is 447 g/mol. The largest absolute Gasteiger partial charge is 0.353 e. The van der Waals surface area contributed by atoms with Gasteiger partial charge in [-0.2, -0.15) is 4.37 Å². The number of aromatic nitrogens is 2. The van der Waals surface area contributed by atoms with Crippen LogP contribution in [0.15, 0.2) is 4.99 Å². The Labute approximate surface area is 172 Å². The third kappa shape index (κ3) is 5.42. The Kier molecular flexibility index (Phi) is 8.18. The predicted octanol–water partition coefficient (Wildman–Crippen LogP) is 2.99. The highest BCUT2D eigenvalue weighted by Gasteiger charge is 2.37. The molecule has 2 atom stereocenters. The van der Waals surface area contributed by atoms with Crippen LogP contribution in [0, 0.1) is 5.92 Å². The highest BCUT2D eigenvalue weighted by Crippen LogP contribution is 2.34. The van der Waals surface area contributed by atoms with Crippen LogP contribution in [0.2, 0.25) is 0 Å². The average molecular weight is 478 g/mol. The highest BCUT2D eigenvalue weighted by atomic mass is 127. The minimum Gasteiger partial charge on any atom is -0.353 e. The van der Waals surface area contributed by atoms with Crippen molar-refractivity contribution < 1.29 is 0 Å². The SMILES string of the molecule is CCCC1CC1NC(=NCC)N1CCN(c2nc(CC)ns2)CC1.I. The van der Waals surface area contributed by atoms with Crippen molar-refractivity contribution >= 4 is 46.6 Å². The van der Waals surface area contributed by atoms with E-state index in [1.165, 1.54) is 30.8 Å².